The summed E-state index contributed by atoms with van der Waals surface area (Å²) in [5.41, 5.74) is 1.01. The van der Waals surface area contributed by atoms with Gasteiger partial charge in [0.2, 0.25) is 11.8 Å². The summed E-state index contributed by atoms with van der Waals surface area (Å²) in [5, 5.41) is 3.21. The van der Waals surface area contributed by atoms with Gasteiger partial charge in [0.25, 0.3) is 0 Å². The van der Waals surface area contributed by atoms with E-state index in [4.69, 9.17) is 4.74 Å². The zero-order chi connectivity index (χ0) is 23.0. The lowest BCUT2D eigenvalue weighted by atomic mass is 9.87. The van der Waals surface area contributed by atoms with Crippen LogP contribution in [0.15, 0.2) is 36.8 Å². The Labute approximate surface area is 195 Å². The summed E-state index contributed by atoms with van der Waals surface area (Å²) in [6, 6.07) is 4.90. The summed E-state index contributed by atoms with van der Waals surface area (Å²) < 4.78 is 5.10. The number of nitrogens with one attached hydrogen (secondary N) is 1. The van der Waals surface area contributed by atoms with Crippen molar-refractivity contribution in [3.05, 3.63) is 42.5 Å². The molecule has 0 bridgehead atoms. The molecule has 2 aromatic heterocycles. The van der Waals surface area contributed by atoms with Gasteiger partial charge in [0.05, 0.1) is 30.9 Å². The highest BCUT2D eigenvalue weighted by atomic mass is 16.5. The average Bonchev–Trinajstić information content (AvgIpc) is 2.88. The van der Waals surface area contributed by atoms with Crippen LogP contribution in [0, 0.1) is 5.92 Å². The van der Waals surface area contributed by atoms with Gasteiger partial charge < -0.3 is 10.1 Å². The van der Waals surface area contributed by atoms with Crippen LogP contribution in [0.3, 0.4) is 0 Å². The van der Waals surface area contributed by atoms with Crippen molar-refractivity contribution in [3.63, 3.8) is 0 Å². The van der Waals surface area contributed by atoms with E-state index in [1.54, 1.807) is 29.6 Å². The molecule has 1 atom stereocenters. The van der Waals surface area contributed by atoms with Crippen molar-refractivity contribution >= 4 is 17.5 Å². The smallest absolute Gasteiger partial charge is 0.316 e. The lowest BCUT2D eigenvalue weighted by molar-refractivity contribution is -0.129. The molecule has 0 aromatic carbocycles. The minimum Gasteiger partial charge on any atom is -0.467 e. The number of methoxy groups -OCH3 is 1. The molecule has 2 amide bonds. The van der Waals surface area contributed by atoms with E-state index in [1.165, 1.54) is 13.5 Å². The minimum atomic E-state index is -0.889. The molecule has 1 unspecified atom stereocenters. The standard InChI is InChI=1S/C25H33N5O3/c1-33-25-27-16-20(17-28-25)30(24(32)18-10-4-2-5-11-18)22(21-14-8-9-15-26-21)23(31)29-19-12-6-3-7-13-19/h8-9,14-19,22H,2-7,10-13H2,1H3,(H,29,31). The zero-order valence-electron chi connectivity index (χ0n) is 19.3. The first-order chi connectivity index (χ1) is 16.2. The molecule has 0 saturated heterocycles. The molecule has 2 aliphatic carbocycles. The van der Waals surface area contributed by atoms with Crippen LogP contribution in [-0.2, 0) is 9.59 Å². The maximum atomic E-state index is 13.9. The molecular formula is C25H33N5O3. The van der Waals surface area contributed by atoms with Crippen LogP contribution in [0.1, 0.15) is 75.9 Å². The number of carbonyl (C=O) groups excluding carboxylic acids is 2. The largest absolute Gasteiger partial charge is 0.467 e. The topological polar surface area (TPSA) is 97.3 Å². The molecule has 2 heterocycles. The Kier molecular flexibility index (Phi) is 7.86. The number of ether oxygens (including phenoxy) is 1. The molecule has 0 aliphatic heterocycles. The summed E-state index contributed by atoms with van der Waals surface area (Å²) in [4.78, 5) is 42.1. The number of aromatic nitrogens is 3. The summed E-state index contributed by atoms with van der Waals surface area (Å²) >= 11 is 0. The first-order valence-corrected chi connectivity index (χ1v) is 12.1. The number of anilines is 1. The Morgan fingerprint density at radius 3 is 2.24 bits per heavy atom. The van der Waals surface area contributed by atoms with E-state index < -0.39 is 6.04 Å². The van der Waals surface area contributed by atoms with Crippen LogP contribution < -0.4 is 15.0 Å². The van der Waals surface area contributed by atoms with E-state index in [0.717, 1.165) is 57.8 Å². The third-order valence-corrected chi connectivity index (χ3v) is 6.69. The second-order valence-electron chi connectivity index (χ2n) is 8.97. The fraction of sp³-hybridized carbons (Fsp3) is 0.560. The summed E-state index contributed by atoms with van der Waals surface area (Å²) in [7, 11) is 1.49. The van der Waals surface area contributed by atoms with Crippen molar-refractivity contribution in [1.82, 2.24) is 20.3 Å². The normalized spacial score (nSPS) is 18.3. The van der Waals surface area contributed by atoms with Crippen molar-refractivity contribution in [1.29, 1.82) is 0 Å². The molecule has 2 fully saturated rings. The number of hydrogen-bond donors (Lipinski definition) is 1. The van der Waals surface area contributed by atoms with Gasteiger partial charge in [-0.2, -0.15) is 0 Å². The summed E-state index contributed by atoms with van der Waals surface area (Å²) in [5.74, 6) is -0.409. The fourth-order valence-electron chi connectivity index (χ4n) is 4.94. The molecule has 176 valence electrons. The molecule has 8 nitrogen and oxygen atoms in total. The molecule has 0 radical (unpaired) electrons. The van der Waals surface area contributed by atoms with Gasteiger partial charge in [-0.1, -0.05) is 44.6 Å². The van der Waals surface area contributed by atoms with Crippen molar-refractivity contribution in [3.8, 4) is 6.01 Å². The van der Waals surface area contributed by atoms with Crippen LogP contribution >= 0.6 is 0 Å². The van der Waals surface area contributed by atoms with Gasteiger partial charge in [-0.05, 0) is 37.8 Å². The van der Waals surface area contributed by atoms with E-state index >= 15 is 0 Å². The van der Waals surface area contributed by atoms with Gasteiger partial charge >= 0.3 is 6.01 Å². The lowest BCUT2D eigenvalue weighted by Crippen LogP contribution is -2.49. The monoisotopic (exact) mass is 451 g/mol. The van der Waals surface area contributed by atoms with Crippen LogP contribution in [0.2, 0.25) is 0 Å². The SMILES string of the molecule is COc1ncc(N(C(=O)C2CCCCC2)C(C(=O)NC2CCCCC2)c2ccccn2)cn1. The predicted octanol–water partition coefficient (Wildman–Crippen LogP) is 3.98. The van der Waals surface area contributed by atoms with Gasteiger partial charge in [0.15, 0.2) is 6.04 Å². The molecule has 33 heavy (non-hydrogen) atoms. The van der Waals surface area contributed by atoms with Crippen molar-refractivity contribution < 1.29 is 14.3 Å². The first-order valence-electron chi connectivity index (χ1n) is 12.1. The molecule has 4 rings (SSSR count). The van der Waals surface area contributed by atoms with E-state index in [1.807, 2.05) is 12.1 Å². The van der Waals surface area contributed by atoms with Gasteiger partial charge in [0, 0.05) is 18.2 Å². The van der Waals surface area contributed by atoms with E-state index in [-0.39, 0.29) is 29.8 Å². The number of pyridine rings is 1. The number of carbonyl (C=O) groups is 2. The maximum Gasteiger partial charge on any atom is 0.316 e. The van der Waals surface area contributed by atoms with Crippen LogP contribution in [-0.4, -0.2) is 39.9 Å². The second kappa shape index (κ2) is 11.2. The molecule has 2 aliphatic rings. The third-order valence-electron chi connectivity index (χ3n) is 6.69. The molecule has 8 heteroatoms. The Balaban J connectivity index is 1.72. The number of amides is 2. The highest BCUT2D eigenvalue weighted by Gasteiger charge is 2.38. The molecule has 1 N–H and O–H groups in total. The fourth-order valence-corrected chi connectivity index (χ4v) is 4.94. The highest BCUT2D eigenvalue weighted by molar-refractivity contribution is 6.02. The van der Waals surface area contributed by atoms with Gasteiger partial charge in [-0.3, -0.25) is 19.5 Å². The minimum absolute atomic E-state index is 0.0714. The number of rotatable bonds is 7. The van der Waals surface area contributed by atoms with Gasteiger partial charge in [-0.15, -0.1) is 0 Å². The maximum absolute atomic E-state index is 13.9. The number of nitrogens with zero attached hydrogens (tertiary/aromatic N) is 4. The average molecular weight is 452 g/mol. The first kappa shape index (κ1) is 23.1. The van der Waals surface area contributed by atoms with E-state index in [0.29, 0.717) is 11.4 Å². The molecule has 2 aromatic rings. The highest BCUT2D eigenvalue weighted by Crippen LogP contribution is 2.33. The van der Waals surface area contributed by atoms with Gasteiger partial charge in [-0.25, -0.2) is 9.97 Å². The Bertz CT molecular complexity index is 909. The third kappa shape index (κ3) is 5.67. The number of hydrogen-bond acceptors (Lipinski definition) is 6. The van der Waals surface area contributed by atoms with Crippen molar-refractivity contribution in [2.75, 3.05) is 12.0 Å². The van der Waals surface area contributed by atoms with Crippen molar-refractivity contribution in [2.45, 2.75) is 76.3 Å². The van der Waals surface area contributed by atoms with E-state index in [2.05, 4.69) is 20.3 Å². The Hall–Kier alpha value is -3.03. The summed E-state index contributed by atoms with van der Waals surface area (Å²) in [6.07, 6.45) is 14.9. The van der Waals surface area contributed by atoms with Crippen LogP contribution in [0.4, 0.5) is 5.69 Å². The predicted molar refractivity (Wildman–Crippen MR) is 125 cm³/mol. The Morgan fingerprint density at radius 2 is 1.64 bits per heavy atom. The van der Waals surface area contributed by atoms with Crippen LogP contribution in [0.5, 0.6) is 6.01 Å². The zero-order valence-corrected chi connectivity index (χ0v) is 19.3. The quantitative estimate of drug-likeness (QED) is 0.684. The molecule has 2 saturated carbocycles. The molecular weight excluding hydrogens is 418 g/mol. The Morgan fingerprint density at radius 1 is 0.970 bits per heavy atom. The molecule has 0 spiro atoms. The van der Waals surface area contributed by atoms with Crippen LogP contribution in [0.25, 0.3) is 0 Å². The lowest BCUT2D eigenvalue weighted by Gasteiger charge is -2.35. The van der Waals surface area contributed by atoms with Gasteiger partial charge in [0.1, 0.15) is 0 Å². The second-order valence-corrected chi connectivity index (χ2v) is 8.97. The van der Waals surface area contributed by atoms with Crippen molar-refractivity contribution in [2.24, 2.45) is 5.92 Å². The van der Waals surface area contributed by atoms with E-state index in [9.17, 15) is 9.59 Å². The summed E-state index contributed by atoms with van der Waals surface area (Å²) in [6.45, 7) is 0.